The van der Waals surface area contributed by atoms with E-state index in [2.05, 4.69) is 11.1 Å². The molecule has 0 spiro atoms. The number of hydrogen-bond acceptors (Lipinski definition) is 3. The molecule has 0 radical (unpaired) electrons. The smallest absolute Gasteiger partial charge is 0.101 e. The third-order valence-electron chi connectivity index (χ3n) is 2.40. The molecule has 0 aliphatic rings. The van der Waals surface area contributed by atoms with Crippen LogP contribution in [0.25, 0.3) is 10.6 Å². The standard InChI is InChI=1S/C13H8Cl2N2S/c1-8-7-18-13(11(8)14)12(15)10(6-16)9-2-4-17-5-3-9/h2-5,7H,1H3/b12-10+. The van der Waals surface area contributed by atoms with Crippen molar-refractivity contribution in [2.24, 2.45) is 0 Å². The van der Waals surface area contributed by atoms with Crippen LogP contribution in [0.15, 0.2) is 29.9 Å². The van der Waals surface area contributed by atoms with Crippen LogP contribution in [0.4, 0.5) is 0 Å². The predicted octanol–water partition coefficient (Wildman–Crippen LogP) is 4.74. The van der Waals surface area contributed by atoms with Gasteiger partial charge in [0.2, 0.25) is 0 Å². The molecule has 5 heteroatoms. The van der Waals surface area contributed by atoms with E-state index in [1.807, 2.05) is 12.3 Å². The molecular weight excluding hydrogens is 287 g/mol. The summed E-state index contributed by atoms with van der Waals surface area (Å²) in [6, 6.07) is 5.61. The lowest BCUT2D eigenvalue weighted by Crippen LogP contribution is -1.85. The Morgan fingerprint density at radius 2 is 2.06 bits per heavy atom. The largest absolute Gasteiger partial charge is 0.265 e. The Labute approximate surface area is 119 Å². The normalized spacial score (nSPS) is 11.9. The van der Waals surface area contributed by atoms with Crippen LogP contribution >= 0.6 is 34.5 Å². The van der Waals surface area contributed by atoms with Crippen molar-refractivity contribution in [3.63, 3.8) is 0 Å². The topological polar surface area (TPSA) is 36.7 Å². The van der Waals surface area contributed by atoms with Gasteiger partial charge in [0.1, 0.15) is 6.07 Å². The highest BCUT2D eigenvalue weighted by Crippen LogP contribution is 2.38. The van der Waals surface area contributed by atoms with E-state index < -0.39 is 0 Å². The van der Waals surface area contributed by atoms with E-state index in [0.29, 0.717) is 15.6 Å². The fourth-order valence-corrected chi connectivity index (χ4v) is 3.11. The lowest BCUT2D eigenvalue weighted by molar-refractivity contribution is 1.32. The van der Waals surface area contributed by atoms with Gasteiger partial charge in [0.05, 0.1) is 20.5 Å². The highest BCUT2D eigenvalue weighted by Gasteiger charge is 2.15. The lowest BCUT2D eigenvalue weighted by Gasteiger charge is -2.02. The van der Waals surface area contributed by atoms with Gasteiger partial charge in [0.25, 0.3) is 0 Å². The Hall–Kier alpha value is -1.34. The van der Waals surface area contributed by atoms with Crippen molar-refractivity contribution < 1.29 is 0 Å². The van der Waals surface area contributed by atoms with E-state index in [-0.39, 0.29) is 0 Å². The molecule has 0 unspecified atom stereocenters. The van der Waals surface area contributed by atoms with E-state index in [9.17, 15) is 5.26 Å². The van der Waals surface area contributed by atoms with E-state index >= 15 is 0 Å². The second kappa shape index (κ2) is 5.53. The number of rotatable bonds is 2. The quantitative estimate of drug-likeness (QED) is 0.751. The van der Waals surface area contributed by atoms with E-state index in [0.717, 1.165) is 16.0 Å². The predicted molar refractivity (Wildman–Crippen MR) is 76.6 cm³/mol. The molecule has 0 saturated heterocycles. The van der Waals surface area contributed by atoms with Crippen LogP contribution in [0.1, 0.15) is 16.0 Å². The third-order valence-corrected chi connectivity index (χ3v) is 4.60. The molecule has 0 N–H and O–H groups in total. The van der Waals surface area contributed by atoms with Crippen molar-refractivity contribution in [1.82, 2.24) is 4.98 Å². The maximum Gasteiger partial charge on any atom is 0.101 e. The molecule has 0 fully saturated rings. The average molecular weight is 295 g/mol. The monoisotopic (exact) mass is 294 g/mol. The molecule has 2 aromatic heterocycles. The number of allylic oxidation sites excluding steroid dienone is 1. The summed E-state index contributed by atoms with van der Waals surface area (Å²) in [5.74, 6) is 0. The number of hydrogen-bond donors (Lipinski definition) is 0. The zero-order valence-electron chi connectivity index (χ0n) is 9.45. The van der Waals surface area contributed by atoms with Crippen molar-refractivity contribution in [2.75, 3.05) is 0 Å². The molecule has 90 valence electrons. The summed E-state index contributed by atoms with van der Waals surface area (Å²) in [6.07, 6.45) is 3.25. The summed E-state index contributed by atoms with van der Waals surface area (Å²) in [7, 11) is 0. The molecule has 0 aliphatic heterocycles. The first kappa shape index (κ1) is 13.1. The molecule has 18 heavy (non-hydrogen) atoms. The van der Waals surface area contributed by atoms with Gasteiger partial charge < -0.3 is 0 Å². The SMILES string of the molecule is Cc1csc(/C(Cl)=C(/C#N)c2ccncc2)c1Cl. The molecule has 0 atom stereocenters. The van der Waals surface area contributed by atoms with Crippen LogP contribution in [0.3, 0.4) is 0 Å². The summed E-state index contributed by atoms with van der Waals surface area (Å²) in [5.41, 5.74) is 2.10. The Bertz CT molecular complexity index is 639. The number of nitriles is 1. The summed E-state index contributed by atoms with van der Waals surface area (Å²) >= 11 is 13.9. The van der Waals surface area contributed by atoms with Gasteiger partial charge in [-0.15, -0.1) is 11.3 Å². The Morgan fingerprint density at radius 1 is 1.39 bits per heavy atom. The maximum atomic E-state index is 9.26. The molecule has 2 heterocycles. The minimum atomic E-state index is 0.381. The molecule has 2 rings (SSSR count). The van der Waals surface area contributed by atoms with Gasteiger partial charge in [-0.2, -0.15) is 5.26 Å². The van der Waals surface area contributed by atoms with Gasteiger partial charge in [-0.25, -0.2) is 0 Å². The molecule has 0 amide bonds. The first-order valence-corrected chi connectivity index (χ1v) is 6.73. The van der Waals surface area contributed by atoms with Gasteiger partial charge in [-0.3, -0.25) is 4.98 Å². The van der Waals surface area contributed by atoms with Crippen molar-refractivity contribution in [3.05, 3.63) is 50.9 Å². The van der Waals surface area contributed by atoms with Crippen LogP contribution in [0, 0.1) is 18.3 Å². The summed E-state index contributed by atoms with van der Waals surface area (Å²) in [6.45, 7) is 1.91. The van der Waals surface area contributed by atoms with E-state index in [1.165, 1.54) is 11.3 Å². The number of aromatic nitrogens is 1. The molecular formula is C13H8Cl2N2S. The fourth-order valence-electron chi connectivity index (χ4n) is 1.45. The number of aryl methyl sites for hydroxylation is 1. The summed E-state index contributed by atoms with van der Waals surface area (Å²) in [4.78, 5) is 4.64. The fraction of sp³-hybridized carbons (Fsp3) is 0.0769. The third kappa shape index (κ3) is 2.41. The Kier molecular flexibility index (Phi) is 4.03. The van der Waals surface area contributed by atoms with Crippen LogP contribution in [0.5, 0.6) is 0 Å². The molecule has 0 saturated carbocycles. The van der Waals surface area contributed by atoms with Gasteiger partial charge in [-0.1, -0.05) is 23.2 Å². The number of pyridine rings is 1. The minimum Gasteiger partial charge on any atom is -0.265 e. The Balaban J connectivity index is 2.59. The van der Waals surface area contributed by atoms with Gasteiger partial charge in [0.15, 0.2) is 0 Å². The highest BCUT2D eigenvalue weighted by molar-refractivity contribution is 7.13. The number of halogens is 2. The van der Waals surface area contributed by atoms with E-state index in [1.54, 1.807) is 24.5 Å². The zero-order valence-corrected chi connectivity index (χ0v) is 11.8. The molecule has 2 aromatic rings. The number of nitrogens with zero attached hydrogens (tertiary/aromatic N) is 2. The highest BCUT2D eigenvalue weighted by atomic mass is 35.5. The molecule has 2 nitrogen and oxygen atoms in total. The summed E-state index contributed by atoms with van der Waals surface area (Å²) in [5, 5.41) is 12.2. The van der Waals surface area contributed by atoms with Crippen molar-refractivity contribution in [2.45, 2.75) is 6.92 Å². The molecule has 0 bridgehead atoms. The van der Waals surface area contributed by atoms with Crippen molar-refractivity contribution in [1.29, 1.82) is 5.26 Å². The Morgan fingerprint density at radius 3 is 2.56 bits per heavy atom. The van der Waals surface area contributed by atoms with Crippen LogP contribution < -0.4 is 0 Å². The number of thiophene rings is 1. The lowest BCUT2D eigenvalue weighted by atomic mass is 10.1. The first-order valence-electron chi connectivity index (χ1n) is 5.09. The van der Waals surface area contributed by atoms with Crippen LogP contribution in [-0.4, -0.2) is 4.98 Å². The van der Waals surface area contributed by atoms with Crippen LogP contribution in [-0.2, 0) is 0 Å². The molecule has 0 aromatic carbocycles. The first-order chi connectivity index (χ1) is 8.65. The second-order valence-electron chi connectivity index (χ2n) is 3.60. The van der Waals surface area contributed by atoms with Gasteiger partial charge >= 0.3 is 0 Å². The van der Waals surface area contributed by atoms with Crippen molar-refractivity contribution >= 4 is 45.1 Å². The molecule has 0 aliphatic carbocycles. The maximum absolute atomic E-state index is 9.26. The minimum absolute atomic E-state index is 0.381. The zero-order chi connectivity index (χ0) is 13.1. The second-order valence-corrected chi connectivity index (χ2v) is 5.23. The summed E-state index contributed by atoms with van der Waals surface area (Å²) < 4.78 is 0. The van der Waals surface area contributed by atoms with Gasteiger partial charge in [0, 0.05) is 12.4 Å². The van der Waals surface area contributed by atoms with E-state index in [4.69, 9.17) is 23.2 Å². The van der Waals surface area contributed by atoms with Crippen LogP contribution in [0.2, 0.25) is 5.02 Å². The average Bonchev–Trinajstić information content (AvgIpc) is 2.72. The van der Waals surface area contributed by atoms with Gasteiger partial charge in [-0.05, 0) is 35.6 Å². The van der Waals surface area contributed by atoms with Crippen molar-refractivity contribution in [3.8, 4) is 6.07 Å².